The van der Waals surface area contributed by atoms with Crippen LogP contribution in [0.1, 0.15) is 29.3 Å². The molecule has 2 amide bonds. The fourth-order valence-electron chi connectivity index (χ4n) is 3.96. The first-order valence-electron chi connectivity index (χ1n) is 13.4. The van der Waals surface area contributed by atoms with E-state index in [0.29, 0.717) is 11.3 Å². The molecule has 2 N–H and O–H groups in total. The molecule has 8 heteroatoms. The van der Waals surface area contributed by atoms with E-state index >= 15 is 0 Å². The highest BCUT2D eigenvalue weighted by Crippen LogP contribution is 2.23. The number of esters is 1. The molecular formula is C34H30N2O5S. The van der Waals surface area contributed by atoms with Gasteiger partial charge < -0.3 is 15.4 Å². The third kappa shape index (κ3) is 9.04. The Hall–Kier alpha value is -4.95. The van der Waals surface area contributed by atoms with Crippen molar-refractivity contribution in [2.45, 2.75) is 18.2 Å². The van der Waals surface area contributed by atoms with Crippen LogP contribution in [0.4, 0.5) is 5.69 Å². The average molecular weight is 579 g/mol. The second-order valence-electron chi connectivity index (χ2n) is 9.16. The van der Waals surface area contributed by atoms with Gasteiger partial charge in [0.1, 0.15) is 12.1 Å². The molecule has 4 aromatic rings. The van der Waals surface area contributed by atoms with Crippen LogP contribution in [-0.4, -0.2) is 35.9 Å². The number of ether oxygens (including phenoxy) is 1. The third-order valence-electron chi connectivity index (χ3n) is 6.00. The molecule has 0 aliphatic heterocycles. The first-order chi connectivity index (χ1) is 20.4. The van der Waals surface area contributed by atoms with Gasteiger partial charge in [0.2, 0.25) is 0 Å². The lowest BCUT2D eigenvalue weighted by Gasteiger charge is -2.12. The normalized spacial score (nSPS) is 10.9. The van der Waals surface area contributed by atoms with Gasteiger partial charge in [-0.1, -0.05) is 78.9 Å². The molecule has 0 fully saturated rings. The Morgan fingerprint density at radius 1 is 0.786 bits per heavy atom. The Morgan fingerprint density at radius 2 is 1.45 bits per heavy atom. The van der Waals surface area contributed by atoms with Crippen LogP contribution in [0.3, 0.4) is 0 Å². The second kappa shape index (κ2) is 15.2. The molecular weight excluding hydrogens is 548 g/mol. The number of nitrogens with one attached hydrogen (secondary N) is 2. The van der Waals surface area contributed by atoms with Crippen molar-refractivity contribution in [2.24, 2.45) is 0 Å². The monoisotopic (exact) mass is 578 g/mol. The zero-order valence-electron chi connectivity index (χ0n) is 23.0. The number of carbonyl (C=O) groups excluding carboxylic acids is 4. The number of anilines is 1. The predicted octanol–water partition coefficient (Wildman–Crippen LogP) is 6.38. The SMILES string of the molecule is CCOC(=O)CC(=O)CSc1cccc(NC(=O)/C(=C\c2ccc(-c3ccccc3)cc2)NC(=O)c2ccccc2)c1. The predicted molar refractivity (Wildman–Crippen MR) is 166 cm³/mol. The van der Waals surface area contributed by atoms with Crippen LogP contribution in [0.15, 0.2) is 120 Å². The summed E-state index contributed by atoms with van der Waals surface area (Å²) >= 11 is 1.26. The maximum absolute atomic E-state index is 13.4. The highest BCUT2D eigenvalue weighted by atomic mass is 32.2. The minimum atomic E-state index is -0.546. The van der Waals surface area contributed by atoms with Gasteiger partial charge in [-0.05, 0) is 60.0 Å². The summed E-state index contributed by atoms with van der Waals surface area (Å²) in [6.45, 7) is 1.91. The molecule has 4 rings (SSSR count). The summed E-state index contributed by atoms with van der Waals surface area (Å²) < 4.78 is 4.82. The minimum absolute atomic E-state index is 0.0685. The fourth-order valence-corrected chi connectivity index (χ4v) is 4.78. The van der Waals surface area contributed by atoms with E-state index < -0.39 is 17.8 Å². The van der Waals surface area contributed by atoms with Crippen molar-refractivity contribution in [3.05, 3.63) is 126 Å². The summed E-state index contributed by atoms with van der Waals surface area (Å²) in [5, 5.41) is 5.59. The fraction of sp³-hybridized carbons (Fsp3) is 0.118. The van der Waals surface area contributed by atoms with Crippen LogP contribution in [0.25, 0.3) is 17.2 Å². The third-order valence-corrected chi connectivity index (χ3v) is 7.05. The van der Waals surface area contributed by atoms with Gasteiger partial charge in [0.15, 0.2) is 5.78 Å². The molecule has 4 aromatic carbocycles. The molecule has 0 atom stereocenters. The highest BCUT2D eigenvalue weighted by Gasteiger charge is 2.16. The molecule has 7 nitrogen and oxygen atoms in total. The van der Waals surface area contributed by atoms with Crippen LogP contribution in [0.5, 0.6) is 0 Å². The maximum atomic E-state index is 13.4. The number of thioether (sulfide) groups is 1. The molecule has 0 aromatic heterocycles. The summed E-state index contributed by atoms with van der Waals surface area (Å²) in [6.07, 6.45) is 1.34. The van der Waals surface area contributed by atoms with Gasteiger partial charge in [0.05, 0.1) is 12.4 Å². The van der Waals surface area contributed by atoms with Crippen LogP contribution in [0, 0.1) is 0 Å². The molecule has 0 saturated heterocycles. The summed E-state index contributed by atoms with van der Waals surface area (Å²) in [6, 6.07) is 33.3. The van der Waals surface area contributed by atoms with Gasteiger partial charge in [-0.3, -0.25) is 19.2 Å². The smallest absolute Gasteiger partial charge is 0.313 e. The lowest BCUT2D eigenvalue weighted by molar-refractivity contribution is -0.145. The minimum Gasteiger partial charge on any atom is -0.466 e. The summed E-state index contributed by atoms with van der Waals surface area (Å²) in [5.41, 5.74) is 3.81. The molecule has 0 spiro atoms. The van der Waals surface area contributed by atoms with E-state index in [1.807, 2.05) is 60.7 Å². The largest absolute Gasteiger partial charge is 0.466 e. The summed E-state index contributed by atoms with van der Waals surface area (Å²) in [5.74, 6) is -1.63. The lowest BCUT2D eigenvalue weighted by atomic mass is 10.0. The number of Topliss-reactive ketones (excluding diaryl/α,β-unsaturated/α-hetero) is 1. The molecule has 0 bridgehead atoms. The van der Waals surface area contributed by atoms with E-state index in [1.54, 1.807) is 61.5 Å². The van der Waals surface area contributed by atoms with Crippen LogP contribution in [-0.2, 0) is 19.1 Å². The Balaban J connectivity index is 1.50. The molecule has 0 aliphatic rings. The number of hydrogen-bond donors (Lipinski definition) is 2. The molecule has 212 valence electrons. The molecule has 0 aliphatic carbocycles. The average Bonchev–Trinajstić information content (AvgIpc) is 3.01. The van der Waals surface area contributed by atoms with Crippen molar-refractivity contribution in [1.82, 2.24) is 5.32 Å². The van der Waals surface area contributed by atoms with Crippen LogP contribution >= 0.6 is 11.8 Å². The van der Waals surface area contributed by atoms with Gasteiger partial charge in [-0.15, -0.1) is 11.8 Å². The van der Waals surface area contributed by atoms with E-state index in [9.17, 15) is 19.2 Å². The number of hydrogen-bond acceptors (Lipinski definition) is 6. The number of rotatable bonds is 12. The Morgan fingerprint density at radius 3 is 2.14 bits per heavy atom. The maximum Gasteiger partial charge on any atom is 0.313 e. The number of carbonyl (C=O) groups is 4. The van der Waals surface area contributed by atoms with Gasteiger partial charge in [-0.2, -0.15) is 0 Å². The van der Waals surface area contributed by atoms with Crippen molar-refractivity contribution in [3.63, 3.8) is 0 Å². The van der Waals surface area contributed by atoms with Crippen LogP contribution < -0.4 is 10.6 Å². The zero-order valence-corrected chi connectivity index (χ0v) is 23.9. The molecule has 42 heavy (non-hydrogen) atoms. The molecule has 0 unspecified atom stereocenters. The first-order valence-corrected chi connectivity index (χ1v) is 14.3. The molecule has 0 heterocycles. The van der Waals surface area contributed by atoms with Crippen molar-refractivity contribution >= 4 is 47.1 Å². The quantitative estimate of drug-likeness (QED) is 0.0876. The Labute approximate surface area is 249 Å². The van der Waals surface area contributed by atoms with E-state index in [-0.39, 0.29) is 30.3 Å². The summed E-state index contributed by atoms with van der Waals surface area (Å²) in [7, 11) is 0. The van der Waals surface area contributed by atoms with E-state index in [4.69, 9.17) is 4.74 Å². The Bertz CT molecular complexity index is 1570. The van der Waals surface area contributed by atoms with Crippen molar-refractivity contribution in [1.29, 1.82) is 0 Å². The van der Waals surface area contributed by atoms with Gasteiger partial charge in [0.25, 0.3) is 11.8 Å². The van der Waals surface area contributed by atoms with E-state index in [1.165, 1.54) is 11.8 Å². The Kier molecular flexibility index (Phi) is 10.8. The highest BCUT2D eigenvalue weighted by molar-refractivity contribution is 8.00. The number of benzene rings is 4. The van der Waals surface area contributed by atoms with Gasteiger partial charge in [-0.25, -0.2) is 0 Å². The van der Waals surface area contributed by atoms with Crippen LogP contribution in [0.2, 0.25) is 0 Å². The topological polar surface area (TPSA) is 102 Å². The first kappa shape index (κ1) is 30.0. The van der Waals surface area contributed by atoms with Crippen molar-refractivity contribution in [3.8, 4) is 11.1 Å². The van der Waals surface area contributed by atoms with Crippen molar-refractivity contribution < 1.29 is 23.9 Å². The lowest BCUT2D eigenvalue weighted by Crippen LogP contribution is -2.30. The van der Waals surface area contributed by atoms with E-state index in [0.717, 1.165) is 21.6 Å². The number of ketones is 1. The second-order valence-corrected chi connectivity index (χ2v) is 10.2. The zero-order chi connectivity index (χ0) is 29.7. The van der Waals surface area contributed by atoms with Crippen molar-refractivity contribution in [2.75, 3.05) is 17.7 Å². The number of amides is 2. The van der Waals surface area contributed by atoms with Gasteiger partial charge in [0, 0.05) is 16.1 Å². The van der Waals surface area contributed by atoms with Gasteiger partial charge >= 0.3 is 5.97 Å². The molecule has 0 radical (unpaired) electrons. The molecule has 0 saturated carbocycles. The van der Waals surface area contributed by atoms with E-state index in [2.05, 4.69) is 10.6 Å². The summed E-state index contributed by atoms with van der Waals surface area (Å²) in [4.78, 5) is 50.8. The standard InChI is InChI=1S/C34H30N2O5S/c1-2-41-32(38)22-29(37)23-42-30-15-9-14-28(21-30)35-34(40)31(36-33(39)27-12-7-4-8-13-27)20-24-16-18-26(19-17-24)25-10-5-3-6-11-25/h3-21H,2,22-23H2,1H3,(H,35,40)(H,36,39)/b31-20+.